The number of benzene rings is 5. The summed E-state index contributed by atoms with van der Waals surface area (Å²) in [5, 5.41) is 3.01. The number of hydrogen-bond acceptors (Lipinski definition) is 10. The monoisotopic (exact) mass is 874 g/mol. The molecule has 0 saturated heterocycles. The molecule has 0 aliphatic rings. The Bertz CT molecular complexity index is 3180. The second-order valence-corrected chi connectivity index (χ2v) is 17.2. The highest BCUT2D eigenvalue weighted by atomic mass is 31.2. The van der Waals surface area contributed by atoms with Gasteiger partial charge in [-0.25, -0.2) is 33.6 Å². The van der Waals surface area contributed by atoms with Gasteiger partial charge in [-0.2, -0.15) is 0 Å². The van der Waals surface area contributed by atoms with E-state index in [1.54, 1.807) is 54.6 Å². The fourth-order valence-corrected chi connectivity index (χ4v) is 8.12. The molecule has 6 N–H and O–H groups in total. The lowest BCUT2D eigenvalue weighted by Crippen LogP contribution is -1.95. The molecule has 9 aromatic rings. The van der Waals surface area contributed by atoms with Gasteiger partial charge in [-0.1, -0.05) is 72.8 Å². The second kappa shape index (κ2) is 15.2. The highest BCUT2D eigenvalue weighted by Gasteiger charge is 2.21. The first-order valence-corrected chi connectivity index (χ1v) is 22.6. The van der Waals surface area contributed by atoms with Gasteiger partial charge in [0.15, 0.2) is 0 Å². The van der Waals surface area contributed by atoms with Gasteiger partial charge in [-0.3, -0.25) is 29.4 Å². The van der Waals surface area contributed by atoms with Crippen LogP contribution in [-0.4, -0.2) is 49.3 Å². The maximum Gasteiger partial charge on any atom is 0.524 e. The SMILES string of the molecule is O=P(O)(O)Oc1cccc(-c2ccc3ccc4ccc(-c5cc(OP(=O)(O)O)cc(-c6ccc7ccc8ccc(-c9cccc(OP(=O)(O)O)c9)nc8c7n6)c5)nc4c3n2)c1. The molecule has 304 valence electrons. The van der Waals surface area contributed by atoms with Crippen molar-refractivity contribution in [2.75, 3.05) is 0 Å². The summed E-state index contributed by atoms with van der Waals surface area (Å²) in [5.74, 6) is -0.210. The van der Waals surface area contributed by atoms with Crippen LogP contribution in [0.15, 0.2) is 140 Å². The minimum atomic E-state index is -5.02. The highest BCUT2D eigenvalue weighted by Crippen LogP contribution is 2.43. The number of fused-ring (bicyclic) bond motifs is 6. The Morgan fingerprint density at radius 3 is 0.934 bits per heavy atom. The first kappa shape index (κ1) is 40.0. The third-order valence-corrected chi connectivity index (χ3v) is 10.8. The second-order valence-electron chi connectivity index (χ2n) is 13.8. The van der Waals surface area contributed by atoms with E-state index in [4.69, 9.17) is 33.5 Å². The molecule has 19 heteroatoms. The molecule has 0 spiro atoms. The van der Waals surface area contributed by atoms with E-state index in [0.29, 0.717) is 67.1 Å². The number of hydrogen-bond donors (Lipinski definition) is 6. The van der Waals surface area contributed by atoms with E-state index in [0.717, 1.165) is 21.5 Å². The third kappa shape index (κ3) is 8.90. The fraction of sp³-hybridized carbons (Fsp3) is 0. The minimum Gasteiger partial charge on any atom is -0.404 e. The summed E-state index contributed by atoms with van der Waals surface area (Å²) in [6.07, 6.45) is 0. The standard InChI is InChI=1S/C42H29N4O12P3/c47-59(48,49)56-32-5-1-3-28(20-32)35-15-11-24-7-9-26-13-17-37(45-41(26)39(24)43-35)30-19-31(23-34(22-30)58-61(53,54)55)38-18-14-27-10-8-25-12-16-36(44-40(25)42(27)46-38)29-4-2-6-33(21-29)57-60(50,51)52/h1-23H,(H2,47,48,49)(H2,50,51,52)(H2,53,54,55). The van der Waals surface area contributed by atoms with Crippen LogP contribution in [0.5, 0.6) is 17.2 Å². The molecule has 9 rings (SSSR count). The van der Waals surface area contributed by atoms with E-state index in [2.05, 4.69) is 0 Å². The molecule has 0 saturated carbocycles. The summed E-state index contributed by atoms with van der Waals surface area (Å²) >= 11 is 0. The molecule has 0 atom stereocenters. The Morgan fingerprint density at radius 2 is 0.607 bits per heavy atom. The lowest BCUT2D eigenvalue weighted by molar-refractivity contribution is 0.281. The molecule has 4 heterocycles. The number of phosphoric acid groups is 3. The summed E-state index contributed by atoms with van der Waals surface area (Å²) < 4.78 is 49.8. The van der Waals surface area contributed by atoms with Crippen LogP contribution in [-0.2, 0) is 13.7 Å². The van der Waals surface area contributed by atoms with Crippen LogP contribution in [0.2, 0.25) is 0 Å². The van der Waals surface area contributed by atoms with Gasteiger partial charge in [-0.05, 0) is 66.7 Å². The van der Waals surface area contributed by atoms with E-state index in [9.17, 15) is 43.1 Å². The summed E-state index contributed by atoms with van der Waals surface area (Å²) in [4.78, 5) is 76.7. The van der Waals surface area contributed by atoms with Crippen molar-refractivity contribution >= 4 is 67.1 Å². The Labute approximate surface area is 344 Å². The van der Waals surface area contributed by atoms with Crippen molar-refractivity contribution in [3.63, 3.8) is 0 Å². The van der Waals surface area contributed by atoms with Gasteiger partial charge in [0, 0.05) is 43.8 Å². The quantitative estimate of drug-likeness (QED) is 0.0554. The molecule has 0 aliphatic carbocycles. The van der Waals surface area contributed by atoms with E-state index >= 15 is 0 Å². The summed E-state index contributed by atoms with van der Waals surface area (Å²) in [7, 11) is -14.6. The average molecular weight is 875 g/mol. The predicted molar refractivity (Wildman–Crippen MR) is 227 cm³/mol. The van der Waals surface area contributed by atoms with Gasteiger partial charge < -0.3 is 13.6 Å². The van der Waals surface area contributed by atoms with Gasteiger partial charge in [0.2, 0.25) is 0 Å². The molecule has 0 bridgehead atoms. The van der Waals surface area contributed by atoms with Crippen molar-refractivity contribution in [1.29, 1.82) is 0 Å². The van der Waals surface area contributed by atoms with Crippen LogP contribution in [0.4, 0.5) is 0 Å². The van der Waals surface area contributed by atoms with Crippen molar-refractivity contribution in [2.24, 2.45) is 0 Å². The molecule has 0 aliphatic heterocycles. The number of phosphoric ester groups is 3. The Hall–Kier alpha value is -6.41. The minimum absolute atomic E-state index is 0.0335. The fourth-order valence-electron chi connectivity index (χ4n) is 6.96. The van der Waals surface area contributed by atoms with Crippen molar-refractivity contribution in [2.45, 2.75) is 0 Å². The smallest absolute Gasteiger partial charge is 0.404 e. The number of pyridine rings is 4. The van der Waals surface area contributed by atoms with Crippen LogP contribution in [0.3, 0.4) is 0 Å². The summed E-state index contributed by atoms with van der Waals surface area (Å²) in [6.45, 7) is 0. The summed E-state index contributed by atoms with van der Waals surface area (Å²) in [6, 6.07) is 39.1. The van der Waals surface area contributed by atoms with Gasteiger partial charge in [-0.15, -0.1) is 0 Å². The number of rotatable bonds is 10. The van der Waals surface area contributed by atoms with Gasteiger partial charge in [0.1, 0.15) is 17.2 Å². The van der Waals surface area contributed by atoms with Crippen LogP contribution in [0.1, 0.15) is 0 Å². The normalized spacial score (nSPS) is 12.3. The van der Waals surface area contributed by atoms with Gasteiger partial charge >= 0.3 is 23.5 Å². The lowest BCUT2D eigenvalue weighted by atomic mass is 10.0. The Kier molecular flexibility index (Phi) is 10.0. The van der Waals surface area contributed by atoms with E-state index < -0.39 is 23.5 Å². The Balaban J connectivity index is 1.15. The molecule has 0 unspecified atom stereocenters. The molecule has 0 amide bonds. The first-order valence-electron chi connectivity index (χ1n) is 18.0. The molecule has 61 heavy (non-hydrogen) atoms. The van der Waals surface area contributed by atoms with Crippen LogP contribution >= 0.6 is 23.5 Å². The van der Waals surface area contributed by atoms with E-state index in [1.165, 1.54) is 36.4 Å². The Morgan fingerprint density at radius 1 is 0.328 bits per heavy atom. The first-order chi connectivity index (χ1) is 29.0. The largest absolute Gasteiger partial charge is 0.524 e. The molecular weight excluding hydrogens is 845 g/mol. The van der Waals surface area contributed by atoms with Crippen LogP contribution in [0.25, 0.3) is 88.6 Å². The zero-order valence-corrected chi connectivity index (χ0v) is 33.7. The molecule has 0 radical (unpaired) electrons. The zero-order valence-electron chi connectivity index (χ0n) is 31.0. The van der Waals surface area contributed by atoms with Gasteiger partial charge in [0.05, 0.1) is 44.8 Å². The highest BCUT2D eigenvalue weighted by molar-refractivity contribution is 7.47. The van der Waals surface area contributed by atoms with Crippen molar-refractivity contribution in [1.82, 2.24) is 19.9 Å². The maximum atomic E-state index is 12.1. The number of aromatic nitrogens is 4. The van der Waals surface area contributed by atoms with Crippen LogP contribution < -0.4 is 13.6 Å². The average Bonchev–Trinajstić information content (AvgIpc) is 3.21. The lowest BCUT2D eigenvalue weighted by Gasteiger charge is -2.13. The van der Waals surface area contributed by atoms with Crippen molar-refractivity contribution in [3.8, 4) is 62.3 Å². The van der Waals surface area contributed by atoms with Gasteiger partial charge in [0.25, 0.3) is 0 Å². The molecule has 5 aromatic carbocycles. The zero-order chi connectivity index (χ0) is 42.7. The van der Waals surface area contributed by atoms with E-state index in [1.807, 2.05) is 48.5 Å². The molecule has 0 fully saturated rings. The maximum absolute atomic E-state index is 12.1. The topological polar surface area (TPSA) is 252 Å². The van der Waals surface area contributed by atoms with Crippen LogP contribution in [0, 0.1) is 0 Å². The number of nitrogens with zero attached hydrogens (tertiary/aromatic N) is 4. The van der Waals surface area contributed by atoms with Crippen molar-refractivity contribution in [3.05, 3.63) is 140 Å². The molecular formula is C42H29N4O12P3. The summed E-state index contributed by atoms with van der Waals surface area (Å²) in [5.41, 5.74) is 5.85. The predicted octanol–water partition coefficient (Wildman–Crippen LogP) is 8.96. The van der Waals surface area contributed by atoms with Crippen molar-refractivity contribution < 1.29 is 56.6 Å². The molecule has 16 nitrogen and oxygen atoms in total. The van der Waals surface area contributed by atoms with E-state index in [-0.39, 0.29) is 17.2 Å². The molecule has 4 aromatic heterocycles. The third-order valence-electron chi connectivity index (χ3n) is 9.47.